The summed E-state index contributed by atoms with van der Waals surface area (Å²) >= 11 is 0. The zero-order chi connectivity index (χ0) is 18.4. The number of carbonyl (C=O) groups excluding carboxylic acids is 2. The minimum Gasteiger partial charge on any atom is -0.349 e. The molecule has 2 aromatic rings. The number of piperidine rings is 1. The number of nitrogens with one attached hydrogen (secondary N) is 2. The quantitative estimate of drug-likeness (QED) is 0.870. The summed E-state index contributed by atoms with van der Waals surface area (Å²) in [6, 6.07) is 17.7. The Morgan fingerprint density at radius 2 is 1.65 bits per heavy atom. The van der Waals surface area contributed by atoms with Gasteiger partial charge in [-0.05, 0) is 42.7 Å². The number of likely N-dealkylation sites (tertiary alicyclic amines) is 1. The first kappa shape index (κ1) is 18.1. The van der Waals surface area contributed by atoms with E-state index in [9.17, 15) is 9.59 Å². The van der Waals surface area contributed by atoms with Crippen LogP contribution in [0.15, 0.2) is 54.6 Å². The highest BCUT2D eigenvalue weighted by Gasteiger charge is 2.21. The Morgan fingerprint density at radius 1 is 1.00 bits per heavy atom. The van der Waals surface area contributed by atoms with Gasteiger partial charge in [-0.25, -0.2) is 0 Å². The molecule has 0 atom stereocenters. The molecule has 0 saturated carbocycles. The molecular formula is C21H25N3O2. The molecule has 136 valence electrons. The van der Waals surface area contributed by atoms with E-state index in [1.54, 1.807) is 24.3 Å². The van der Waals surface area contributed by atoms with Crippen molar-refractivity contribution in [1.82, 2.24) is 10.2 Å². The summed E-state index contributed by atoms with van der Waals surface area (Å²) in [5, 5.41) is 5.83. The largest absolute Gasteiger partial charge is 0.349 e. The van der Waals surface area contributed by atoms with Gasteiger partial charge in [-0.15, -0.1) is 0 Å². The normalized spacial score (nSPS) is 15.4. The van der Waals surface area contributed by atoms with Gasteiger partial charge in [-0.2, -0.15) is 0 Å². The van der Waals surface area contributed by atoms with Crippen LogP contribution in [0.2, 0.25) is 0 Å². The summed E-state index contributed by atoms with van der Waals surface area (Å²) in [4.78, 5) is 25.9. The Morgan fingerprint density at radius 3 is 2.27 bits per heavy atom. The standard InChI is InChI=1S/C21H25N3O2/c1-16(25)22-19-9-7-18(8-10-19)21(26)23-20-11-13-24(14-12-20)15-17-5-3-2-4-6-17/h2-10,20H,11-15H2,1H3,(H,22,25)(H,23,26). The third kappa shape index (κ3) is 5.17. The molecule has 0 aromatic heterocycles. The molecule has 3 rings (SSSR count). The van der Waals surface area contributed by atoms with Crippen molar-refractivity contribution in [2.45, 2.75) is 32.4 Å². The van der Waals surface area contributed by atoms with Crippen molar-refractivity contribution < 1.29 is 9.59 Å². The first-order valence-electron chi connectivity index (χ1n) is 9.05. The molecule has 2 amide bonds. The SMILES string of the molecule is CC(=O)Nc1ccc(C(=O)NC2CCN(Cc3ccccc3)CC2)cc1. The molecule has 1 aliphatic heterocycles. The van der Waals surface area contributed by atoms with Crippen molar-refractivity contribution in [2.75, 3.05) is 18.4 Å². The van der Waals surface area contributed by atoms with Crippen LogP contribution in [0.25, 0.3) is 0 Å². The summed E-state index contributed by atoms with van der Waals surface area (Å²) in [5.41, 5.74) is 2.64. The van der Waals surface area contributed by atoms with Crippen LogP contribution in [0.3, 0.4) is 0 Å². The maximum absolute atomic E-state index is 12.4. The number of rotatable bonds is 5. The van der Waals surface area contributed by atoms with E-state index in [1.807, 2.05) is 6.07 Å². The lowest BCUT2D eigenvalue weighted by atomic mass is 10.0. The third-order valence-corrected chi connectivity index (χ3v) is 4.64. The highest BCUT2D eigenvalue weighted by molar-refractivity contribution is 5.95. The van der Waals surface area contributed by atoms with E-state index in [0.717, 1.165) is 32.5 Å². The van der Waals surface area contributed by atoms with Crippen molar-refractivity contribution in [3.05, 3.63) is 65.7 Å². The molecule has 0 bridgehead atoms. The molecular weight excluding hydrogens is 326 g/mol. The molecule has 5 nitrogen and oxygen atoms in total. The summed E-state index contributed by atoms with van der Waals surface area (Å²) in [7, 11) is 0. The molecule has 1 fully saturated rings. The van der Waals surface area contributed by atoms with Gasteiger partial charge in [0.05, 0.1) is 0 Å². The maximum Gasteiger partial charge on any atom is 0.251 e. The van der Waals surface area contributed by atoms with Crippen molar-refractivity contribution >= 4 is 17.5 Å². The molecule has 5 heteroatoms. The fourth-order valence-electron chi connectivity index (χ4n) is 3.25. The van der Waals surface area contributed by atoms with Crippen LogP contribution in [0.1, 0.15) is 35.7 Å². The predicted octanol–water partition coefficient (Wildman–Crippen LogP) is 3.04. The Balaban J connectivity index is 1.46. The minimum absolute atomic E-state index is 0.0547. The van der Waals surface area contributed by atoms with E-state index >= 15 is 0 Å². The highest BCUT2D eigenvalue weighted by atomic mass is 16.2. The maximum atomic E-state index is 12.4. The van der Waals surface area contributed by atoms with E-state index in [1.165, 1.54) is 12.5 Å². The zero-order valence-electron chi connectivity index (χ0n) is 15.1. The molecule has 2 N–H and O–H groups in total. The van der Waals surface area contributed by atoms with Crippen LogP contribution in [-0.2, 0) is 11.3 Å². The van der Waals surface area contributed by atoms with Gasteiger partial charge < -0.3 is 10.6 Å². The average molecular weight is 351 g/mol. The van der Waals surface area contributed by atoms with Gasteiger partial charge in [0, 0.05) is 43.9 Å². The second kappa shape index (κ2) is 8.63. The lowest BCUT2D eigenvalue weighted by Crippen LogP contribution is -2.44. The Labute approximate surface area is 154 Å². The first-order valence-corrected chi connectivity index (χ1v) is 9.05. The molecule has 26 heavy (non-hydrogen) atoms. The van der Waals surface area contributed by atoms with Crippen LogP contribution in [0, 0.1) is 0 Å². The second-order valence-electron chi connectivity index (χ2n) is 6.77. The van der Waals surface area contributed by atoms with Crippen LogP contribution >= 0.6 is 0 Å². The number of nitrogens with zero attached hydrogens (tertiary/aromatic N) is 1. The van der Waals surface area contributed by atoms with Crippen LogP contribution in [0.4, 0.5) is 5.69 Å². The van der Waals surface area contributed by atoms with Gasteiger partial charge in [-0.3, -0.25) is 14.5 Å². The fourth-order valence-corrected chi connectivity index (χ4v) is 3.25. The Kier molecular flexibility index (Phi) is 6.02. The zero-order valence-corrected chi connectivity index (χ0v) is 15.1. The van der Waals surface area contributed by atoms with Gasteiger partial charge in [-0.1, -0.05) is 30.3 Å². The summed E-state index contributed by atoms with van der Waals surface area (Å²) in [6.45, 7) is 4.40. The lowest BCUT2D eigenvalue weighted by molar-refractivity contribution is -0.114. The van der Waals surface area contributed by atoms with E-state index < -0.39 is 0 Å². The smallest absolute Gasteiger partial charge is 0.251 e. The van der Waals surface area contributed by atoms with Gasteiger partial charge in [0.25, 0.3) is 5.91 Å². The fraction of sp³-hybridized carbons (Fsp3) is 0.333. The summed E-state index contributed by atoms with van der Waals surface area (Å²) < 4.78 is 0. The molecule has 1 saturated heterocycles. The number of hydrogen-bond acceptors (Lipinski definition) is 3. The average Bonchev–Trinajstić information content (AvgIpc) is 2.64. The van der Waals surface area contributed by atoms with E-state index in [2.05, 4.69) is 39.8 Å². The van der Waals surface area contributed by atoms with Gasteiger partial charge in [0.2, 0.25) is 5.91 Å². The number of carbonyl (C=O) groups is 2. The van der Waals surface area contributed by atoms with E-state index in [-0.39, 0.29) is 17.9 Å². The Bertz CT molecular complexity index is 736. The number of hydrogen-bond donors (Lipinski definition) is 2. The van der Waals surface area contributed by atoms with Crippen molar-refractivity contribution in [1.29, 1.82) is 0 Å². The van der Waals surface area contributed by atoms with Gasteiger partial charge in [0.15, 0.2) is 0 Å². The van der Waals surface area contributed by atoms with E-state index in [4.69, 9.17) is 0 Å². The molecule has 0 spiro atoms. The molecule has 1 aliphatic rings. The van der Waals surface area contributed by atoms with Crippen LogP contribution in [0.5, 0.6) is 0 Å². The van der Waals surface area contributed by atoms with Crippen molar-refractivity contribution in [2.24, 2.45) is 0 Å². The van der Waals surface area contributed by atoms with E-state index in [0.29, 0.717) is 11.3 Å². The molecule has 0 aliphatic carbocycles. The molecule has 0 unspecified atom stereocenters. The second-order valence-corrected chi connectivity index (χ2v) is 6.77. The number of benzene rings is 2. The molecule has 0 radical (unpaired) electrons. The third-order valence-electron chi connectivity index (χ3n) is 4.64. The molecule has 1 heterocycles. The predicted molar refractivity (Wildman–Crippen MR) is 103 cm³/mol. The molecule has 2 aromatic carbocycles. The minimum atomic E-state index is -0.121. The van der Waals surface area contributed by atoms with Gasteiger partial charge in [0.1, 0.15) is 0 Å². The number of amides is 2. The monoisotopic (exact) mass is 351 g/mol. The van der Waals surface area contributed by atoms with Crippen molar-refractivity contribution in [3.8, 4) is 0 Å². The summed E-state index contributed by atoms with van der Waals surface area (Å²) in [6.07, 6.45) is 1.92. The van der Waals surface area contributed by atoms with Gasteiger partial charge >= 0.3 is 0 Å². The van der Waals surface area contributed by atoms with Crippen LogP contribution in [-0.4, -0.2) is 35.8 Å². The number of anilines is 1. The Hall–Kier alpha value is -2.66. The topological polar surface area (TPSA) is 61.4 Å². The highest BCUT2D eigenvalue weighted by Crippen LogP contribution is 2.15. The summed E-state index contributed by atoms with van der Waals surface area (Å²) in [5.74, 6) is -0.176. The first-order chi connectivity index (χ1) is 12.6. The lowest BCUT2D eigenvalue weighted by Gasteiger charge is -2.32. The van der Waals surface area contributed by atoms with Crippen LogP contribution < -0.4 is 10.6 Å². The van der Waals surface area contributed by atoms with Crippen molar-refractivity contribution in [3.63, 3.8) is 0 Å².